The number of nitrogens with zero attached hydrogens (tertiary/aromatic N) is 1. The summed E-state index contributed by atoms with van der Waals surface area (Å²) in [5.41, 5.74) is 9.11. The zero-order chi connectivity index (χ0) is 21.8. The number of urea groups is 1. The number of amides is 3. The first-order chi connectivity index (χ1) is 14.2. The number of aryl methyl sites for hydroxylation is 2. The number of imidazole rings is 1. The van der Waals surface area contributed by atoms with Crippen LogP contribution in [0.4, 0.5) is 16.3 Å². The van der Waals surface area contributed by atoms with Gasteiger partial charge < -0.3 is 21.1 Å². The van der Waals surface area contributed by atoms with E-state index in [1.165, 1.54) is 0 Å². The molecular weight excluding hydrogens is 386 g/mol. The fourth-order valence-corrected chi connectivity index (χ4v) is 2.95. The molecule has 1 heterocycles. The number of benzene rings is 2. The largest absolute Gasteiger partial charge is 0.481 e. The lowest BCUT2D eigenvalue weighted by molar-refractivity contribution is -0.136. The van der Waals surface area contributed by atoms with E-state index in [2.05, 4.69) is 20.6 Å². The van der Waals surface area contributed by atoms with Crippen molar-refractivity contribution >= 4 is 29.4 Å². The van der Waals surface area contributed by atoms with Gasteiger partial charge in [0.2, 0.25) is 0 Å². The molecule has 0 saturated carbocycles. The van der Waals surface area contributed by atoms with Crippen molar-refractivity contribution in [2.24, 2.45) is 5.73 Å². The molecule has 0 radical (unpaired) electrons. The lowest BCUT2D eigenvalue weighted by atomic mass is 10.1. The number of aliphatic carboxylic acids is 1. The summed E-state index contributed by atoms with van der Waals surface area (Å²) >= 11 is 0. The first-order valence-corrected chi connectivity index (χ1v) is 9.09. The van der Waals surface area contributed by atoms with Crippen molar-refractivity contribution < 1.29 is 19.5 Å². The summed E-state index contributed by atoms with van der Waals surface area (Å²) in [5.74, 6) is -1.36. The van der Waals surface area contributed by atoms with E-state index in [-0.39, 0.29) is 17.9 Å². The minimum Gasteiger partial charge on any atom is -0.481 e. The molecule has 0 fully saturated rings. The van der Waals surface area contributed by atoms with E-state index in [1.54, 1.807) is 30.3 Å². The number of carboxylic acid groups (broad SMARTS) is 1. The molecule has 0 aliphatic heterocycles. The molecule has 154 valence electrons. The number of H-pyrrole nitrogens is 1. The Morgan fingerprint density at radius 2 is 1.77 bits per heavy atom. The molecule has 9 heteroatoms. The second kappa shape index (κ2) is 8.48. The number of nitrogens with one attached hydrogen (secondary N) is 3. The lowest BCUT2D eigenvalue weighted by Crippen LogP contribution is -2.23. The van der Waals surface area contributed by atoms with Crippen LogP contribution < -0.4 is 16.4 Å². The molecule has 0 unspecified atom stereocenters. The molecule has 3 rings (SSSR count). The molecule has 3 amide bonds. The monoisotopic (exact) mass is 407 g/mol. The van der Waals surface area contributed by atoms with Gasteiger partial charge in [-0.25, -0.2) is 9.78 Å². The standard InChI is InChI=1S/C21H21N5O4/c1-11-3-8-15(12(2)9-11)23-21(30)26-20-17(18(22)29)24-19(25-20)14-6-4-13(5-7-14)10-16(27)28/h3-9H,10H2,1-2H3,(H2,22,29)(H,24,25)(H,27,28)(H2,23,26,30). The average Bonchev–Trinajstić information content (AvgIpc) is 3.08. The van der Waals surface area contributed by atoms with Gasteiger partial charge in [-0.1, -0.05) is 42.0 Å². The van der Waals surface area contributed by atoms with Gasteiger partial charge in [0.1, 0.15) is 11.6 Å². The summed E-state index contributed by atoms with van der Waals surface area (Å²) in [4.78, 5) is 42.0. The van der Waals surface area contributed by atoms with Gasteiger partial charge in [0.15, 0.2) is 5.69 Å². The maximum Gasteiger partial charge on any atom is 0.324 e. The van der Waals surface area contributed by atoms with Crippen molar-refractivity contribution in [3.8, 4) is 11.4 Å². The van der Waals surface area contributed by atoms with Crippen molar-refractivity contribution in [2.45, 2.75) is 20.3 Å². The molecule has 2 aromatic carbocycles. The Hall–Kier alpha value is -4.14. The van der Waals surface area contributed by atoms with E-state index in [4.69, 9.17) is 10.8 Å². The third-order valence-electron chi connectivity index (χ3n) is 4.39. The Labute approximate surface area is 172 Å². The third-order valence-corrected chi connectivity index (χ3v) is 4.39. The number of carboxylic acids is 1. The molecule has 3 aromatic rings. The number of nitrogens with two attached hydrogens (primary N) is 1. The molecule has 0 saturated heterocycles. The van der Waals surface area contributed by atoms with E-state index in [1.807, 2.05) is 26.0 Å². The molecule has 1 aromatic heterocycles. The number of aromatic amines is 1. The highest BCUT2D eigenvalue weighted by Gasteiger charge is 2.18. The van der Waals surface area contributed by atoms with Crippen LogP contribution in [0.2, 0.25) is 0 Å². The second-order valence-electron chi connectivity index (χ2n) is 6.84. The summed E-state index contributed by atoms with van der Waals surface area (Å²) in [5, 5.41) is 14.1. The van der Waals surface area contributed by atoms with Crippen LogP contribution in [0.25, 0.3) is 11.4 Å². The second-order valence-corrected chi connectivity index (χ2v) is 6.84. The fraction of sp³-hybridized carbons (Fsp3) is 0.143. The van der Waals surface area contributed by atoms with E-state index in [0.29, 0.717) is 22.6 Å². The smallest absolute Gasteiger partial charge is 0.324 e. The zero-order valence-corrected chi connectivity index (χ0v) is 16.4. The Bertz CT molecular complexity index is 1120. The van der Waals surface area contributed by atoms with Crippen LogP contribution in [-0.2, 0) is 11.2 Å². The Kier molecular flexibility index (Phi) is 5.82. The van der Waals surface area contributed by atoms with Gasteiger partial charge in [-0.2, -0.15) is 0 Å². The highest BCUT2D eigenvalue weighted by atomic mass is 16.4. The predicted molar refractivity (Wildman–Crippen MR) is 112 cm³/mol. The summed E-state index contributed by atoms with van der Waals surface area (Å²) < 4.78 is 0. The minimum absolute atomic E-state index is 0.0642. The average molecular weight is 407 g/mol. The normalized spacial score (nSPS) is 10.5. The first kappa shape index (κ1) is 20.6. The van der Waals surface area contributed by atoms with Gasteiger partial charge in [0.05, 0.1) is 6.42 Å². The number of rotatable bonds is 6. The molecule has 0 atom stereocenters. The summed E-state index contributed by atoms with van der Waals surface area (Å²) in [6.45, 7) is 3.83. The minimum atomic E-state index is -0.932. The summed E-state index contributed by atoms with van der Waals surface area (Å²) in [6, 6.07) is 11.7. The van der Waals surface area contributed by atoms with Gasteiger partial charge >= 0.3 is 12.0 Å². The maximum atomic E-state index is 12.4. The van der Waals surface area contributed by atoms with E-state index >= 15 is 0 Å². The van der Waals surface area contributed by atoms with E-state index in [9.17, 15) is 14.4 Å². The van der Waals surface area contributed by atoms with Crippen LogP contribution in [0.1, 0.15) is 27.2 Å². The summed E-state index contributed by atoms with van der Waals surface area (Å²) in [7, 11) is 0. The van der Waals surface area contributed by atoms with Crippen molar-refractivity contribution in [2.75, 3.05) is 10.6 Å². The molecule has 6 N–H and O–H groups in total. The first-order valence-electron chi connectivity index (χ1n) is 9.09. The number of primary amides is 1. The fourth-order valence-electron chi connectivity index (χ4n) is 2.95. The topological polar surface area (TPSA) is 150 Å². The van der Waals surface area contributed by atoms with Crippen LogP contribution in [0.5, 0.6) is 0 Å². The lowest BCUT2D eigenvalue weighted by Gasteiger charge is -2.10. The summed E-state index contributed by atoms with van der Waals surface area (Å²) in [6.07, 6.45) is -0.101. The molecule has 30 heavy (non-hydrogen) atoms. The Morgan fingerprint density at radius 1 is 1.07 bits per heavy atom. The predicted octanol–water partition coefficient (Wildman–Crippen LogP) is 3.06. The number of carbonyl (C=O) groups is 3. The van der Waals surface area contributed by atoms with Crippen LogP contribution in [0.3, 0.4) is 0 Å². The zero-order valence-electron chi connectivity index (χ0n) is 16.4. The van der Waals surface area contributed by atoms with Gasteiger partial charge in [0.25, 0.3) is 5.91 Å². The Morgan fingerprint density at radius 3 is 2.37 bits per heavy atom. The van der Waals surface area contributed by atoms with Crippen LogP contribution in [-0.4, -0.2) is 33.0 Å². The molecular formula is C21H21N5O4. The molecule has 0 bridgehead atoms. The van der Waals surface area contributed by atoms with Gasteiger partial charge in [0, 0.05) is 11.3 Å². The van der Waals surface area contributed by atoms with Crippen molar-refractivity contribution in [3.05, 3.63) is 64.8 Å². The third kappa shape index (κ3) is 4.82. The number of hydrogen-bond donors (Lipinski definition) is 5. The van der Waals surface area contributed by atoms with E-state index < -0.39 is 17.9 Å². The molecule has 9 nitrogen and oxygen atoms in total. The van der Waals surface area contributed by atoms with Crippen molar-refractivity contribution in [1.82, 2.24) is 9.97 Å². The number of hydrogen-bond acceptors (Lipinski definition) is 4. The highest BCUT2D eigenvalue weighted by molar-refractivity contribution is 6.05. The van der Waals surface area contributed by atoms with Crippen molar-refractivity contribution in [1.29, 1.82) is 0 Å². The van der Waals surface area contributed by atoms with Crippen LogP contribution in [0.15, 0.2) is 42.5 Å². The van der Waals surface area contributed by atoms with E-state index in [0.717, 1.165) is 11.1 Å². The van der Waals surface area contributed by atoms with Crippen LogP contribution >= 0.6 is 0 Å². The van der Waals surface area contributed by atoms with Crippen molar-refractivity contribution in [3.63, 3.8) is 0 Å². The SMILES string of the molecule is Cc1ccc(NC(=O)Nc2[nH]c(-c3ccc(CC(=O)O)cc3)nc2C(N)=O)c(C)c1. The van der Waals surface area contributed by atoms with Gasteiger partial charge in [-0.15, -0.1) is 0 Å². The molecule has 0 spiro atoms. The Balaban J connectivity index is 1.81. The van der Waals surface area contributed by atoms with Gasteiger partial charge in [-0.05, 0) is 31.0 Å². The molecule has 0 aliphatic rings. The highest BCUT2D eigenvalue weighted by Crippen LogP contribution is 2.23. The maximum absolute atomic E-state index is 12.4. The van der Waals surface area contributed by atoms with Crippen LogP contribution in [0, 0.1) is 13.8 Å². The quantitative estimate of drug-likeness (QED) is 0.425. The number of aromatic nitrogens is 2. The number of carbonyl (C=O) groups excluding carboxylic acids is 2. The number of anilines is 2. The molecule has 0 aliphatic carbocycles. The van der Waals surface area contributed by atoms with Gasteiger partial charge in [-0.3, -0.25) is 14.9 Å².